The molecular formula is C14H25N3. The molecule has 0 amide bonds. The van der Waals surface area contributed by atoms with Crippen molar-refractivity contribution in [3.05, 3.63) is 23.4 Å². The second kappa shape index (κ2) is 6.60. The second-order valence-corrected chi connectivity index (χ2v) is 4.53. The van der Waals surface area contributed by atoms with Crippen molar-refractivity contribution in [2.75, 3.05) is 19.0 Å². The molecule has 3 heteroatoms. The van der Waals surface area contributed by atoms with E-state index in [1.54, 1.807) is 0 Å². The van der Waals surface area contributed by atoms with Crippen LogP contribution in [0.1, 0.15) is 37.9 Å². The Morgan fingerprint density at radius 1 is 1.29 bits per heavy atom. The van der Waals surface area contributed by atoms with E-state index in [1.807, 2.05) is 7.05 Å². The Morgan fingerprint density at radius 2 is 1.94 bits per heavy atom. The Balaban J connectivity index is 2.88. The molecule has 0 saturated carbocycles. The van der Waals surface area contributed by atoms with E-state index >= 15 is 0 Å². The Hall–Kier alpha value is -1.09. The smallest absolute Gasteiger partial charge is 0.128 e. The molecule has 0 saturated heterocycles. The third kappa shape index (κ3) is 3.43. The van der Waals surface area contributed by atoms with Crippen LogP contribution < -0.4 is 10.2 Å². The van der Waals surface area contributed by atoms with Gasteiger partial charge in [0.1, 0.15) is 5.82 Å². The van der Waals surface area contributed by atoms with Crippen LogP contribution in [0.25, 0.3) is 0 Å². The highest BCUT2D eigenvalue weighted by Crippen LogP contribution is 2.18. The highest BCUT2D eigenvalue weighted by Gasteiger charge is 2.12. The summed E-state index contributed by atoms with van der Waals surface area (Å²) < 4.78 is 0. The summed E-state index contributed by atoms with van der Waals surface area (Å²) in [7, 11) is 4.10. The van der Waals surface area contributed by atoms with Crippen LogP contribution in [0.2, 0.25) is 0 Å². The van der Waals surface area contributed by atoms with E-state index in [0.717, 1.165) is 30.9 Å². The van der Waals surface area contributed by atoms with Crippen LogP contribution in [0.15, 0.2) is 12.1 Å². The SMILES string of the molecule is CCC(CC)N(C)c1ccc(CNC)c(C)n1. The fraction of sp³-hybridized carbons (Fsp3) is 0.643. The molecule has 1 rings (SSSR count). The number of anilines is 1. The number of nitrogens with one attached hydrogen (secondary N) is 1. The molecule has 0 spiro atoms. The molecule has 17 heavy (non-hydrogen) atoms. The lowest BCUT2D eigenvalue weighted by Crippen LogP contribution is -2.31. The van der Waals surface area contributed by atoms with Gasteiger partial charge in [-0.3, -0.25) is 0 Å². The molecule has 0 radical (unpaired) electrons. The molecule has 0 unspecified atom stereocenters. The van der Waals surface area contributed by atoms with Gasteiger partial charge in [0.2, 0.25) is 0 Å². The summed E-state index contributed by atoms with van der Waals surface area (Å²) in [6.07, 6.45) is 2.32. The molecule has 0 aromatic carbocycles. The number of rotatable bonds is 6. The summed E-state index contributed by atoms with van der Waals surface area (Å²) in [5.41, 5.74) is 2.39. The van der Waals surface area contributed by atoms with E-state index in [9.17, 15) is 0 Å². The van der Waals surface area contributed by atoms with Crippen LogP contribution in [-0.2, 0) is 6.54 Å². The number of hydrogen-bond donors (Lipinski definition) is 1. The molecule has 1 aromatic rings. The van der Waals surface area contributed by atoms with E-state index in [1.165, 1.54) is 5.56 Å². The molecule has 96 valence electrons. The molecule has 0 aliphatic carbocycles. The van der Waals surface area contributed by atoms with Gasteiger partial charge in [0.15, 0.2) is 0 Å². The van der Waals surface area contributed by atoms with Crippen molar-refractivity contribution >= 4 is 5.82 Å². The molecule has 1 aromatic heterocycles. The highest BCUT2D eigenvalue weighted by molar-refractivity contribution is 5.41. The third-order valence-electron chi connectivity index (χ3n) is 3.40. The van der Waals surface area contributed by atoms with Gasteiger partial charge >= 0.3 is 0 Å². The van der Waals surface area contributed by atoms with Crippen molar-refractivity contribution in [1.29, 1.82) is 0 Å². The van der Waals surface area contributed by atoms with E-state index < -0.39 is 0 Å². The van der Waals surface area contributed by atoms with Crippen molar-refractivity contribution in [1.82, 2.24) is 10.3 Å². The first-order valence-electron chi connectivity index (χ1n) is 6.47. The zero-order valence-electron chi connectivity index (χ0n) is 11.7. The highest BCUT2D eigenvalue weighted by atomic mass is 15.2. The van der Waals surface area contributed by atoms with Gasteiger partial charge in [-0.15, -0.1) is 0 Å². The Labute approximate surface area is 105 Å². The topological polar surface area (TPSA) is 28.2 Å². The summed E-state index contributed by atoms with van der Waals surface area (Å²) in [5, 5.41) is 3.17. The van der Waals surface area contributed by atoms with Gasteiger partial charge in [-0.05, 0) is 38.4 Å². The Morgan fingerprint density at radius 3 is 2.41 bits per heavy atom. The summed E-state index contributed by atoms with van der Waals surface area (Å²) in [4.78, 5) is 6.98. The molecule has 0 atom stereocenters. The van der Waals surface area contributed by atoms with Gasteiger partial charge in [-0.2, -0.15) is 0 Å². The third-order valence-corrected chi connectivity index (χ3v) is 3.40. The normalized spacial score (nSPS) is 10.9. The molecule has 0 aliphatic heterocycles. The van der Waals surface area contributed by atoms with Gasteiger partial charge in [-0.1, -0.05) is 19.9 Å². The van der Waals surface area contributed by atoms with E-state index in [0.29, 0.717) is 6.04 Å². The van der Waals surface area contributed by atoms with Crippen LogP contribution in [-0.4, -0.2) is 25.1 Å². The van der Waals surface area contributed by atoms with Crippen molar-refractivity contribution in [3.8, 4) is 0 Å². The lowest BCUT2D eigenvalue weighted by molar-refractivity contribution is 0.586. The van der Waals surface area contributed by atoms with Gasteiger partial charge in [0, 0.05) is 25.3 Å². The average molecular weight is 235 g/mol. The van der Waals surface area contributed by atoms with Gasteiger partial charge in [0.05, 0.1) is 0 Å². The maximum atomic E-state index is 4.69. The van der Waals surface area contributed by atoms with E-state index in [4.69, 9.17) is 4.98 Å². The Kier molecular flexibility index (Phi) is 5.42. The standard InChI is InChI=1S/C14H25N3/c1-6-13(7-2)17(5)14-9-8-12(10-15-4)11(3)16-14/h8-9,13,15H,6-7,10H2,1-5H3. The average Bonchev–Trinajstić information content (AvgIpc) is 2.33. The molecule has 3 nitrogen and oxygen atoms in total. The largest absolute Gasteiger partial charge is 0.357 e. The van der Waals surface area contributed by atoms with Gasteiger partial charge in [0.25, 0.3) is 0 Å². The van der Waals surface area contributed by atoms with Crippen LogP contribution in [0, 0.1) is 6.92 Å². The summed E-state index contributed by atoms with van der Waals surface area (Å²) in [5.74, 6) is 1.08. The number of hydrogen-bond acceptors (Lipinski definition) is 3. The minimum Gasteiger partial charge on any atom is -0.357 e. The number of aromatic nitrogens is 1. The predicted molar refractivity (Wildman–Crippen MR) is 74.5 cm³/mol. The zero-order valence-corrected chi connectivity index (χ0v) is 11.7. The van der Waals surface area contributed by atoms with Crippen molar-refractivity contribution in [2.45, 2.75) is 46.2 Å². The first kappa shape index (κ1) is 14.0. The monoisotopic (exact) mass is 235 g/mol. The van der Waals surface area contributed by atoms with Crippen LogP contribution in [0.5, 0.6) is 0 Å². The van der Waals surface area contributed by atoms with E-state index in [2.05, 4.69) is 50.2 Å². The fourth-order valence-electron chi connectivity index (χ4n) is 2.17. The predicted octanol–water partition coefficient (Wildman–Crippen LogP) is 2.73. The lowest BCUT2D eigenvalue weighted by atomic mass is 10.1. The molecular weight excluding hydrogens is 210 g/mol. The number of pyridine rings is 1. The Bertz CT molecular complexity index is 345. The quantitative estimate of drug-likeness (QED) is 0.821. The summed E-state index contributed by atoms with van der Waals surface area (Å²) in [6, 6.07) is 4.88. The second-order valence-electron chi connectivity index (χ2n) is 4.53. The number of aryl methyl sites for hydroxylation is 1. The van der Waals surface area contributed by atoms with Crippen LogP contribution >= 0.6 is 0 Å². The molecule has 0 bridgehead atoms. The molecule has 1 N–H and O–H groups in total. The number of nitrogens with zero attached hydrogens (tertiary/aromatic N) is 2. The fourth-order valence-corrected chi connectivity index (χ4v) is 2.17. The zero-order chi connectivity index (χ0) is 12.8. The summed E-state index contributed by atoms with van der Waals surface area (Å²) in [6.45, 7) is 7.42. The molecule has 1 heterocycles. The first-order chi connectivity index (χ1) is 8.13. The maximum absolute atomic E-state index is 4.69. The van der Waals surface area contributed by atoms with Crippen molar-refractivity contribution in [3.63, 3.8) is 0 Å². The first-order valence-corrected chi connectivity index (χ1v) is 6.47. The van der Waals surface area contributed by atoms with Crippen LogP contribution in [0.3, 0.4) is 0 Å². The minimum atomic E-state index is 0.581. The summed E-state index contributed by atoms with van der Waals surface area (Å²) >= 11 is 0. The van der Waals surface area contributed by atoms with E-state index in [-0.39, 0.29) is 0 Å². The molecule has 0 aliphatic rings. The van der Waals surface area contributed by atoms with Crippen molar-refractivity contribution in [2.24, 2.45) is 0 Å². The maximum Gasteiger partial charge on any atom is 0.128 e. The molecule has 0 fully saturated rings. The van der Waals surface area contributed by atoms with Crippen molar-refractivity contribution < 1.29 is 0 Å². The van der Waals surface area contributed by atoms with Crippen LogP contribution in [0.4, 0.5) is 5.82 Å². The lowest BCUT2D eigenvalue weighted by Gasteiger charge is -2.27. The van der Waals surface area contributed by atoms with Gasteiger partial charge < -0.3 is 10.2 Å². The minimum absolute atomic E-state index is 0.581. The van der Waals surface area contributed by atoms with Gasteiger partial charge in [-0.25, -0.2) is 4.98 Å².